The van der Waals surface area contributed by atoms with E-state index in [1.165, 1.54) is 17.4 Å². The first kappa shape index (κ1) is 18.1. The van der Waals surface area contributed by atoms with E-state index in [1.807, 2.05) is 44.4 Å². The SMILES string of the molecule is CCCC(=O)Nc1cc(C)ccc1OCc1cc(=O)n2c(C)csc2n1. The van der Waals surface area contributed by atoms with E-state index in [2.05, 4.69) is 10.3 Å². The molecule has 6 nitrogen and oxygen atoms in total. The molecule has 1 aromatic carbocycles. The van der Waals surface area contributed by atoms with Gasteiger partial charge in [0.2, 0.25) is 5.91 Å². The highest BCUT2D eigenvalue weighted by Gasteiger charge is 2.10. The Balaban J connectivity index is 1.81. The first-order valence-corrected chi connectivity index (χ1v) is 9.36. The molecular formula is C19H21N3O3S. The molecule has 0 radical (unpaired) electrons. The van der Waals surface area contributed by atoms with Gasteiger partial charge in [0, 0.05) is 23.6 Å². The summed E-state index contributed by atoms with van der Waals surface area (Å²) in [5.74, 6) is 0.513. The lowest BCUT2D eigenvalue weighted by Gasteiger charge is -2.13. The number of rotatable bonds is 6. The lowest BCUT2D eigenvalue weighted by molar-refractivity contribution is -0.116. The quantitative estimate of drug-likeness (QED) is 0.717. The van der Waals surface area contributed by atoms with E-state index in [1.54, 1.807) is 4.40 Å². The number of anilines is 1. The number of hydrogen-bond acceptors (Lipinski definition) is 5. The van der Waals surface area contributed by atoms with Gasteiger partial charge in [-0.05, 0) is 38.0 Å². The van der Waals surface area contributed by atoms with Crippen LogP contribution in [0.25, 0.3) is 4.96 Å². The number of thiazole rings is 1. The van der Waals surface area contributed by atoms with Gasteiger partial charge in [-0.3, -0.25) is 14.0 Å². The van der Waals surface area contributed by atoms with Gasteiger partial charge in [-0.2, -0.15) is 0 Å². The van der Waals surface area contributed by atoms with Crippen LogP contribution in [0.1, 0.15) is 36.7 Å². The monoisotopic (exact) mass is 371 g/mol. The molecule has 0 atom stereocenters. The van der Waals surface area contributed by atoms with Crippen LogP contribution in [0.15, 0.2) is 34.4 Å². The topological polar surface area (TPSA) is 72.7 Å². The van der Waals surface area contributed by atoms with Crippen molar-refractivity contribution in [2.24, 2.45) is 0 Å². The summed E-state index contributed by atoms with van der Waals surface area (Å²) in [4.78, 5) is 29.3. The van der Waals surface area contributed by atoms with E-state index < -0.39 is 0 Å². The average Bonchev–Trinajstić information content (AvgIpc) is 2.96. The van der Waals surface area contributed by atoms with Gasteiger partial charge in [0.25, 0.3) is 5.56 Å². The molecule has 7 heteroatoms. The zero-order valence-electron chi connectivity index (χ0n) is 15.0. The molecule has 0 saturated carbocycles. The van der Waals surface area contributed by atoms with E-state index in [4.69, 9.17) is 4.74 Å². The maximum atomic E-state index is 12.2. The van der Waals surface area contributed by atoms with Crippen LogP contribution < -0.4 is 15.6 Å². The standard InChI is InChI=1S/C19H21N3O3S/c1-4-5-17(23)21-15-8-12(2)6-7-16(15)25-10-14-9-18(24)22-13(3)11-26-19(22)20-14/h6-9,11H,4-5,10H2,1-3H3,(H,21,23). The van der Waals surface area contributed by atoms with Crippen LogP contribution in [0, 0.1) is 13.8 Å². The third-order valence-corrected chi connectivity index (χ3v) is 4.83. The van der Waals surface area contributed by atoms with Crippen LogP contribution in [0.4, 0.5) is 5.69 Å². The maximum Gasteiger partial charge on any atom is 0.259 e. The molecule has 0 aliphatic rings. The number of ether oxygens (including phenoxy) is 1. The van der Waals surface area contributed by atoms with Crippen LogP contribution in [-0.2, 0) is 11.4 Å². The van der Waals surface area contributed by atoms with Gasteiger partial charge in [0.1, 0.15) is 12.4 Å². The Kier molecular flexibility index (Phi) is 5.37. The largest absolute Gasteiger partial charge is 0.485 e. The van der Waals surface area contributed by atoms with Crippen molar-refractivity contribution in [3.05, 3.63) is 57.0 Å². The second-order valence-electron chi connectivity index (χ2n) is 6.17. The number of nitrogens with zero attached hydrogens (tertiary/aromatic N) is 2. The highest BCUT2D eigenvalue weighted by atomic mass is 32.1. The number of amides is 1. The number of aryl methyl sites for hydroxylation is 2. The predicted molar refractivity (Wildman–Crippen MR) is 103 cm³/mol. The molecule has 0 spiro atoms. The molecule has 0 aliphatic heterocycles. The Morgan fingerprint density at radius 2 is 2.12 bits per heavy atom. The van der Waals surface area contributed by atoms with Gasteiger partial charge in [0.05, 0.1) is 11.4 Å². The van der Waals surface area contributed by atoms with Crippen LogP contribution in [-0.4, -0.2) is 15.3 Å². The van der Waals surface area contributed by atoms with Crippen molar-refractivity contribution >= 4 is 27.9 Å². The van der Waals surface area contributed by atoms with Crippen molar-refractivity contribution in [2.75, 3.05) is 5.32 Å². The minimum atomic E-state index is -0.118. The Morgan fingerprint density at radius 3 is 2.88 bits per heavy atom. The molecule has 3 rings (SSSR count). The summed E-state index contributed by atoms with van der Waals surface area (Å²) in [6, 6.07) is 7.09. The number of fused-ring (bicyclic) bond motifs is 1. The number of carbonyl (C=O) groups excluding carboxylic acids is 1. The molecule has 1 N–H and O–H groups in total. The molecule has 3 aromatic rings. The Bertz CT molecular complexity index is 1010. The second kappa shape index (κ2) is 7.70. The fourth-order valence-electron chi connectivity index (χ4n) is 2.63. The zero-order valence-corrected chi connectivity index (χ0v) is 15.9. The van der Waals surface area contributed by atoms with Gasteiger partial charge in [0.15, 0.2) is 4.96 Å². The molecule has 0 saturated heterocycles. The molecular weight excluding hydrogens is 350 g/mol. The molecule has 26 heavy (non-hydrogen) atoms. The minimum Gasteiger partial charge on any atom is -0.485 e. The maximum absolute atomic E-state index is 12.2. The molecule has 136 valence electrons. The summed E-state index contributed by atoms with van der Waals surface area (Å²) in [5, 5.41) is 4.78. The number of nitrogens with one attached hydrogen (secondary N) is 1. The fraction of sp³-hybridized carbons (Fsp3) is 0.316. The highest BCUT2D eigenvalue weighted by Crippen LogP contribution is 2.27. The lowest BCUT2D eigenvalue weighted by Crippen LogP contribution is -2.16. The summed E-state index contributed by atoms with van der Waals surface area (Å²) in [5.41, 5.74) is 2.97. The van der Waals surface area contributed by atoms with Crippen molar-refractivity contribution in [1.82, 2.24) is 9.38 Å². The number of aromatic nitrogens is 2. The van der Waals surface area contributed by atoms with Gasteiger partial charge < -0.3 is 10.1 Å². The summed E-state index contributed by atoms with van der Waals surface area (Å²) in [7, 11) is 0. The summed E-state index contributed by atoms with van der Waals surface area (Å²) in [6.45, 7) is 5.94. The number of benzene rings is 1. The Morgan fingerprint density at radius 1 is 1.31 bits per heavy atom. The van der Waals surface area contributed by atoms with Crippen molar-refractivity contribution in [3.63, 3.8) is 0 Å². The number of carbonyl (C=O) groups is 1. The molecule has 1 amide bonds. The Labute approximate surface area is 155 Å². The highest BCUT2D eigenvalue weighted by molar-refractivity contribution is 7.15. The first-order valence-electron chi connectivity index (χ1n) is 8.48. The van der Waals surface area contributed by atoms with Crippen molar-refractivity contribution < 1.29 is 9.53 Å². The van der Waals surface area contributed by atoms with E-state index in [0.717, 1.165) is 17.7 Å². The van der Waals surface area contributed by atoms with Crippen LogP contribution in [0.3, 0.4) is 0 Å². The minimum absolute atomic E-state index is 0.0465. The predicted octanol–water partition coefficient (Wildman–Crippen LogP) is 3.69. The van der Waals surface area contributed by atoms with E-state index in [9.17, 15) is 9.59 Å². The lowest BCUT2D eigenvalue weighted by atomic mass is 10.2. The van der Waals surface area contributed by atoms with Gasteiger partial charge in [-0.1, -0.05) is 13.0 Å². The van der Waals surface area contributed by atoms with Crippen LogP contribution in [0.5, 0.6) is 5.75 Å². The molecule has 2 heterocycles. The average molecular weight is 371 g/mol. The molecule has 0 bridgehead atoms. The zero-order chi connectivity index (χ0) is 18.7. The van der Waals surface area contributed by atoms with Crippen molar-refractivity contribution in [2.45, 2.75) is 40.2 Å². The van der Waals surface area contributed by atoms with Gasteiger partial charge >= 0.3 is 0 Å². The van der Waals surface area contributed by atoms with E-state index in [-0.39, 0.29) is 18.1 Å². The third kappa shape index (κ3) is 3.94. The second-order valence-corrected chi connectivity index (χ2v) is 7.00. The van der Waals surface area contributed by atoms with Crippen LogP contribution >= 0.6 is 11.3 Å². The van der Waals surface area contributed by atoms with Gasteiger partial charge in [-0.25, -0.2) is 4.98 Å². The first-order chi connectivity index (χ1) is 12.5. The van der Waals surface area contributed by atoms with Crippen molar-refractivity contribution in [3.8, 4) is 5.75 Å². The molecule has 0 aliphatic carbocycles. The fourth-order valence-corrected chi connectivity index (χ4v) is 3.52. The molecule has 2 aromatic heterocycles. The molecule has 0 unspecified atom stereocenters. The van der Waals surface area contributed by atoms with Gasteiger partial charge in [-0.15, -0.1) is 11.3 Å². The summed E-state index contributed by atoms with van der Waals surface area (Å²) < 4.78 is 7.43. The third-order valence-electron chi connectivity index (χ3n) is 3.89. The smallest absolute Gasteiger partial charge is 0.259 e. The Hall–Kier alpha value is -2.67. The number of hydrogen-bond donors (Lipinski definition) is 1. The van der Waals surface area contributed by atoms with Crippen molar-refractivity contribution in [1.29, 1.82) is 0 Å². The normalized spacial score (nSPS) is 10.9. The molecule has 0 fully saturated rings. The summed E-state index contributed by atoms with van der Waals surface area (Å²) in [6.07, 6.45) is 1.24. The van der Waals surface area contributed by atoms with E-state index >= 15 is 0 Å². The van der Waals surface area contributed by atoms with E-state index in [0.29, 0.717) is 28.5 Å². The summed E-state index contributed by atoms with van der Waals surface area (Å²) >= 11 is 1.42. The van der Waals surface area contributed by atoms with Crippen LogP contribution in [0.2, 0.25) is 0 Å².